The van der Waals surface area contributed by atoms with Crippen LogP contribution in [0.2, 0.25) is 0 Å². The van der Waals surface area contributed by atoms with Crippen molar-refractivity contribution in [2.75, 3.05) is 13.7 Å². The third-order valence-electron chi connectivity index (χ3n) is 5.22. The van der Waals surface area contributed by atoms with Crippen molar-refractivity contribution in [2.24, 2.45) is 0 Å². The highest BCUT2D eigenvalue weighted by Crippen LogP contribution is 2.32. The van der Waals surface area contributed by atoms with Gasteiger partial charge in [-0.1, -0.05) is 36.4 Å². The van der Waals surface area contributed by atoms with Crippen LogP contribution in [0, 0.1) is 0 Å². The maximum Gasteiger partial charge on any atom is 0.337 e. The van der Waals surface area contributed by atoms with Gasteiger partial charge in [-0.3, -0.25) is 0 Å². The summed E-state index contributed by atoms with van der Waals surface area (Å²) in [7, 11) is 1.35. The Morgan fingerprint density at radius 3 is 2.28 bits per heavy atom. The summed E-state index contributed by atoms with van der Waals surface area (Å²) in [4.78, 5) is 11.7. The molecule has 0 amide bonds. The lowest BCUT2D eigenvalue weighted by molar-refractivity contribution is -0.231. The summed E-state index contributed by atoms with van der Waals surface area (Å²) in [5, 5.41) is 39.6. The van der Waals surface area contributed by atoms with Crippen LogP contribution in [0.15, 0.2) is 48.5 Å². The van der Waals surface area contributed by atoms with Gasteiger partial charge in [-0.05, 0) is 41.7 Å². The van der Waals surface area contributed by atoms with Crippen molar-refractivity contribution in [3.8, 4) is 0 Å². The fourth-order valence-corrected chi connectivity index (χ4v) is 3.56. The number of aliphatic hydroxyl groups is 4. The first-order valence-corrected chi connectivity index (χ1v) is 9.51. The number of hydrogen-bond donors (Lipinski definition) is 4. The number of benzene rings is 2. The maximum atomic E-state index is 11.7. The molecule has 156 valence electrons. The Morgan fingerprint density at radius 1 is 0.966 bits per heavy atom. The van der Waals surface area contributed by atoms with Gasteiger partial charge in [-0.25, -0.2) is 4.79 Å². The second-order valence-corrected chi connectivity index (χ2v) is 7.19. The molecule has 5 atom stereocenters. The second kappa shape index (κ2) is 9.47. The molecule has 1 aliphatic heterocycles. The van der Waals surface area contributed by atoms with Crippen molar-refractivity contribution in [1.82, 2.24) is 0 Å². The predicted molar refractivity (Wildman–Crippen MR) is 104 cm³/mol. The Bertz CT molecular complexity index is 835. The molecule has 0 spiro atoms. The molecule has 0 unspecified atom stereocenters. The van der Waals surface area contributed by atoms with Crippen LogP contribution in [0.4, 0.5) is 0 Å². The molecule has 29 heavy (non-hydrogen) atoms. The summed E-state index contributed by atoms with van der Waals surface area (Å²) < 4.78 is 10.4. The molecule has 2 aromatic rings. The number of ether oxygens (including phenoxy) is 2. The van der Waals surface area contributed by atoms with E-state index in [0.717, 1.165) is 11.1 Å². The van der Waals surface area contributed by atoms with Crippen LogP contribution in [0.3, 0.4) is 0 Å². The van der Waals surface area contributed by atoms with E-state index in [9.17, 15) is 25.2 Å². The summed E-state index contributed by atoms with van der Waals surface area (Å²) in [6, 6.07) is 14.7. The van der Waals surface area contributed by atoms with Gasteiger partial charge in [0.25, 0.3) is 0 Å². The zero-order chi connectivity index (χ0) is 21.0. The van der Waals surface area contributed by atoms with E-state index in [0.29, 0.717) is 24.0 Å². The van der Waals surface area contributed by atoms with Crippen molar-refractivity contribution >= 4 is 5.97 Å². The Kier molecular flexibility index (Phi) is 7.00. The number of carbonyl (C=O) groups excluding carboxylic acids is 1. The highest BCUT2D eigenvalue weighted by molar-refractivity contribution is 5.89. The highest BCUT2D eigenvalue weighted by atomic mass is 16.5. The number of hydrogen-bond acceptors (Lipinski definition) is 7. The lowest BCUT2D eigenvalue weighted by Gasteiger charge is -2.40. The molecule has 2 aromatic carbocycles. The first-order chi connectivity index (χ1) is 13.9. The molecule has 0 bridgehead atoms. The number of carbonyl (C=O) groups is 1. The summed E-state index contributed by atoms with van der Waals surface area (Å²) in [6.45, 7) is -0.461. The van der Waals surface area contributed by atoms with Gasteiger partial charge < -0.3 is 29.9 Å². The van der Waals surface area contributed by atoms with E-state index in [2.05, 4.69) is 0 Å². The fraction of sp³-hybridized carbons (Fsp3) is 0.409. The molecule has 4 N–H and O–H groups in total. The zero-order valence-electron chi connectivity index (χ0n) is 16.1. The molecule has 1 fully saturated rings. The van der Waals surface area contributed by atoms with E-state index in [1.165, 1.54) is 7.11 Å². The van der Waals surface area contributed by atoms with Gasteiger partial charge in [0.1, 0.15) is 30.5 Å². The maximum absolute atomic E-state index is 11.7. The molecular weight excluding hydrogens is 376 g/mol. The molecule has 0 aromatic heterocycles. The van der Waals surface area contributed by atoms with Crippen molar-refractivity contribution < 1.29 is 34.7 Å². The quantitative estimate of drug-likeness (QED) is 0.528. The van der Waals surface area contributed by atoms with Crippen LogP contribution >= 0.6 is 0 Å². The minimum Gasteiger partial charge on any atom is -0.465 e. The van der Waals surface area contributed by atoms with E-state index in [-0.39, 0.29) is 5.97 Å². The van der Waals surface area contributed by atoms with Crippen molar-refractivity contribution in [3.63, 3.8) is 0 Å². The van der Waals surface area contributed by atoms with Gasteiger partial charge in [0, 0.05) is 0 Å². The molecule has 0 radical (unpaired) electrons. The molecule has 3 rings (SSSR count). The molecular formula is C22H26O7. The van der Waals surface area contributed by atoms with Gasteiger partial charge in [-0.15, -0.1) is 0 Å². The van der Waals surface area contributed by atoms with Gasteiger partial charge >= 0.3 is 5.97 Å². The van der Waals surface area contributed by atoms with Gasteiger partial charge in [-0.2, -0.15) is 0 Å². The summed E-state index contributed by atoms with van der Waals surface area (Å²) in [5.74, 6) is -0.378. The topological polar surface area (TPSA) is 116 Å². The van der Waals surface area contributed by atoms with Crippen LogP contribution in [0.1, 0.15) is 33.2 Å². The first kappa shape index (κ1) is 21.4. The molecule has 1 heterocycles. The largest absolute Gasteiger partial charge is 0.465 e. The minimum atomic E-state index is -1.41. The Hall–Kier alpha value is -2.29. The van der Waals surface area contributed by atoms with E-state index in [1.54, 1.807) is 18.2 Å². The van der Waals surface area contributed by atoms with E-state index >= 15 is 0 Å². The minimum absolute atomic E-state index is 0.378. The van der Waals surface area contributed by atoms with Gasteiger partial charge in [0.05, 0.1) is 19.3 Å². The third kappa shape index (κ3) is 4.83. The smallest absolute Gasteiger partial charge is 0.337 e. The van der Waals surface area contributed by atoms with Crippen molar-refractivity contribution in [3.05, 3.63) is 70.8 Å². The Balaban J connectivity index is 1.72. The number of aryl methyl sites for hydroxylation is 2. The van der Waals surface area contributed by atoms with Crippen LogP contribution in [-0.2, 0) is 22.3 Å². The summed E-state index contributed by atoms with van der Waals surface area (Å²) in [5.41, 5.74) is 3.14. The van der Waals surface area contributed by atoms with Crippen molar-refractivity contribution in [2.45, 2.75) is 43.4 Å². The highest BCUT2D eigenvalue weighted by Gasteiger charge is 2.43. The number of rotatable bonds is 6. The lowest BCUT2D eigenvalue weighted by Crippen LogP contribution is -2.55. The normalized spacial score (nSPS) is 26.9. The Morgan fingerprint density at radius 2 is 1.62 bits per heavy atom. The molecule has 7 nitrogen and oxygen atoms in total. The molecule has 1 saturated heterocycles. The zero-order valence-corrected chi connectivity index (χ0v) is 16.1. The average Bonchev–Trinajstić information content (AvgIpc) is 2.76. The fourth-order valence-electron chi connectivity index (χ4n) is 3.56. The number of esters is 1. The van der Waals surface area contributed by atoms with Crippen LogP contribution in [0.5, 0.6) is 0 Å². The van der Waals surface area contributed by atoms with E-state index in [4.69, 9.17) is 9.47 Å². The SMILES string of the molecule is COC(=O)c1cccc(CCc2cccc([C@H]3O[C@H](CO)[C@@H](O)[C@H](O)[C@@H]3O)c2)c1. The average molecular weight is 402 g/mol. The molecule has 1 aliphatic rings. The Labute approximate surface area is 169 Å². The lowest BCUT2D eigenvalue weighted by atomic mass is 9.90. The molecule has 7 heteroatoms. The second-order valence-electron chi connectivity index (χ2n) is 7.19. The third-order valence-corrected chi connectivity index (χ3v) is 5.22. The van der Waals surface area contributed by atoms with Crippen molar-refractivity contribution in [1.29, 1.82) is 0 Å². The van der Waals surface area contributed by atoms with Crippen LogP contribution in [0.25, 0.3) is 0 Å². The molecule has 0 aliphatic carbocycles. The van der Waals surface area contributed by atoms with Gasteiger partial charge in [0.15, 0.2) is 0 Å². The standard InChI is InChI=1S/C22H26O7/c1-28-22(27)16-7-3-5-14(11-16)9-8-13-4-2-6-15(10-13)21-20(26)19(25)18(24)17(12-23)29-21/h2-7,10-11,17-21,23-26H,8-9,12H2,1H3/t17-,18-,19+,20+,21-/m1/s1. The summed E-state index contributed by atoms with van der Waals surface area (Å²) in [6.07, 6.45) is -4.50. The van der Waals surface area contributed by atoms with E-state index < -0.39 is 37.1 Å². The number of methoxy groups -OCH3 is 1. The predicted octanol–water partition coefficient (Wildman–Crippen LogP) is 0.773. The molecule has 0 saturated carbocycles. The number of aliphatic hydroxyl groups excluding tert-OH is 4. The van der Waals surface area contributed by atoms with Crippen LogP contribution in [-0.4, -0.2) is 64.5 Å². The van der Waals surface area contributed by atoms with Crippen LogP contribution < -0.4 is 0 Å². The monoisotopic (exact) mass is 402 g/mol. The first-order valence-electron chi connectivity index (χ1n) is 9.51. The van der Waals surface area contributed by atoms with E-state index in [1.807, 2.05) is 30.3 Å². The summed E-state index contributed by atoms with van der Waals surface area (Å²) >= 11 is 0. The van der Waals surface area contributed by atoms with Gasteiger partial charge in [0.2, 0.25) is 0 Å².